The molecule has 1 aromatic carbocycles. The average Bonchev–Trinajstić information content (AvgIpc) is 2.65. The maximum Gasteiger partial charge on any atom is 0.123 e. The van der Waals surface area contributed by atoms with Gasteiger partial charge in [0, 0.05) is 18.2 Å². The van der Waals surface area contributed by atoms with E-state index in [1.54, 1.807) is 7.11 Å². The third-order valence-corrected chi connectivity index (χ3v) is 2.59. The van der Waals surface area contributed by atoms with E-state index >= 15 is 0 Å². The van der Waals surface area contributed by atoms with E-state index in [1.165, 1.54) is 0 Å². The highest BCUT2D eigenvalue weighted by Crippen LogP contribution is 2.31. The van der Waals surface area contributed by atoms with Crippen LogP contribution in [0.2, 0.25) is 0 Å². The third-order valence-electron chi connectivity index (χ3n) is 2.59. The predicted octanol–water partition coefficient (Wildman–Crippen LogP) is 2.07. The van der Waals surface area contributed by atoms with Gasteiger partial charge in [-0.2, -0.15) is 0 Å². The Morgan fingerprint density at radius 3 is 2.86 bits per heavy atom. The predicted molar refractivity (Wildman–Crippen MR) is 53.3 cm³/mol. The molecule has 1 aliphatic rings. The van der Waals surface area contributed by atoms with Crippen molar-refractivity contribution in [1.29, 1.82) is 0 Å². The van der Waals surface area contributed by atoms with Gasteiger partial charge < -0.3 is 10.1 Å². The summed E-state index contributed by atoms with van der Waals surface area (Å²) >= 11 is 0. The molecule has 3 heteroatoms. The van der Waals surface area contributed by atoms with Crippen LogP contribution < -0.4 is 10.1 Å². The van der Waals surface area contributed by atoms with Gasteiger partial charge >= 0.3 is 0 Å². The van der Waals surface area contributed by atoms with Crippen LogP contribution in [0.15, 0.2) is 24.3 Å². The monoisotopic (exact) mass is 195 g/mol. The second-order valence-electron chi connectivity index (χ2n) is 3.54. The van der Waals surface area contributed by atoms with Crippen molar-refractivity contribution in [2.45, 2.75) is 18.6 Å². The maximum atomic E-state index is 13.0. The Morgan fingerprint density at radius 1 is 1.43 bits per heavy atom. The molecule has 0 radical (unpaired) electrons. The smallest absolute Gasteiger partial charge is 0.123 e. The summed E-state index contributed by atoms with van der Waals surface area (Å²) in [6, 6.07) is 7.85. The highest BCUT2D eigenvalue weighted by molar-refractivity contribution is 5.36. The van der Waals surface area contributed by atoms with Crippen molar-refractivity contribution in [2.75, 3.05) is 13.7 Å². The van der Waals surface area contributed by atoms with Gasteiger partial charge in [0.05, 0.1) is 7.11 Å². The quantitative estimate of drug-likeness (QED) is 0.780. The molecule has 1 N–H and O–H groups in total. The summed E-state index contributed by atoms with van der Waals surface area (Å²) < 4.78 is 18.2. The first-order valence-electron chi connectivity index (χ1n) is 4.81. The Morgan fingerprint density at radius 2 is 2.21 bits per heavy atom. The second kappa shape index (κ2) is 3.96. The molecule has 0 spiro atoms. The van der Waals surface area contributed by atoms with Gasteiger partial charge in [-0.15, -0.1) is 0 Å². The minimum Gasteiger partial charge on any atom is -0.496 e. The lowest BCUT2D eigenvalue weighted by Crippen LogP contribution is -2.14. The zero-order chi connectivity index (χ0) is 9.97. The van der Waals surface area contributed by atoms with Gasteiger partial charge in [-0.1, -0.05) is 18.2 Å². The van der Waals surface area contributed by atoms with Crippen LogP contribution in [0.4, 0.5) is 4.39 Å². The van der Waals surface area contributed by atoms with Gasteiger partial charge in [-0.05, 0) is 12.5 Å². The number of para-hydroxylation sites is 1. The molecular formula is C11H14FNO. The minimum absolute atomic E-state index is 0.0983. The summed E-state index contributed by atoms with van der Waals surface area (Å²) in [6.07, 6.45) is -0.190. The SMILES string of the molecule is COc1ccccc1C1CC(F)CN1. The molecule has 1 aliphatic heterocycles. The topological polar surface area (TPSA) is 21.3 Å². The van der Waals surface area contributed by atoms with E-state index in [0.29, 0.717) is 13.0 Å². The lowest BCUT2D eigenvalue weighted by molar-refractivity contribution is 0.354. The minimum atomic E-state index is -0.732. The summed E-state index contributed by atoms with van der Waals surface area (Å²) in [5.41, 5.74) is 1.05. The van der Waals surface area contributed by atoms with E-state index in [4.69, 9.17) is 4.74 Å². The van der Waals surface area contributed by atoms with Crippen molar-refractivity contribution in [3.05, 3.63) is 29.8 Å². The molecule has 2 nitrogen and oxygen atoms in total. The first kappa shape index (κ1) is 9.46. The van der Waals surface area contributed by atoms with Crippen LogP contribution in [0.25, 0.3) is 0 Å². The molecule has 14 heavy (non-hydrogen) atoms. The number of benzene rings is 1. The largest absolute Gasteiger partial charge is 0.496 e. The zero-order valence-electron chi connectivity index (χ0n) is 8.16. The van der Waals surface area contributed by atoms with Gasteiger partial charge in [0.25, 0.3) is 0 Å². The lowest BCUT2D eigenvalue weighted by atomic mass is 10.0. The molecule has 0 bridgehead atoms. The van der Waals surface area contributed by atoms with Crippen molar-refractivity contribution in [2.24, 2.45) is 0 Å². The number of hydrogen-bond donors (Lipinski definition) is 1. The zero-order valence-corrected chi connectivity index (χ0v) is 8.16. The van der Waals surface area contributed by atoms with Crippen molar-refractivity contribution in [3.8, 4) is 5.75 Å². The summed E-state index contributed by atoms with van der Waals surface area (Å²) in [5.74, 6) is 0.833. The van der Waals surface area contributed by atoms with E-state index in [0.717, 1.165) is 11.3 Å². The van der Waals surface area contributed by atoms with Crippen LogP contribution in [-0.4, -0.2) is 19.8 Å². The molecule has 0 saturated carbocycles. The third kappa shape index (κ3) is 1.73. The molecule has 1 saturated heterocycles. The van der Waals surface area contributed by atoms with Gasteiger partial charge in [0.2, 0.25) is 0 Å². The fraction of sp³-hybridized carbons (Fsp3) is 0.455. The van der Waals surface area contributed by atoms with Crippen molar-refractivity contribution in [1.82, 2.24) is 5.32 Å². The summed E-state index contributed by atoms with van der Waals surface area (Å²) in [7, 11) is 1.64. The van der Waals surface area contributed by atoms with E-state index in [1.807, 2.05) is 24.3 Å². The van der Waals surface area contributed by atoms with Gasteiger partial charge in [0.1, 0.15) is 11.9 Å². The maximum absolute atomic E-state index is 13.0. The molecule has 2 rings (SSSR count). The highest BCUT2D eigenvalue weighted by atomic mass is 19.1. The number of ether oxygens (including phenoxy) is 1. The fourth-order valence-electron chi connectivity index (χ4n) is 1.88. The van der Waals surface area contributed by atoms with E-state index < -0.39 is 6.17 Å². The van der Waals surface area contributed by atoms with Crippen molar-refractivity contribution in [3.63, 3.8) is 0 Å². The number of methoxy groups -OCH3 is 1. The van der Waals surface area contributed by atoms with Crippen LogP contribution in [0.1, 0.15) is 18.0 Å². The lowest BCUT2D eigenvalue weighted by Gasteiger charge is -2.14. The number of rotatable bonds is 2. The molecule has 76 valence electrons. The van der Waals surface area contributed by atoms with Crippen LogP contribution in [0.5, 0.6) is 5.75 Å². The molecule has 0 aliphatic carbocycles. The number of halogens is 1. The fourth-order valence-corrected chi connectivity index (χ4v) is 1.88. The molecular weight excluding hydrogens is 181 g/mol. The number of hydrogen-bond acceptors (Lipinski definition) is 2. The number of nitrogens with one attached hydrogen (secondary N) is 1. The first-order chi connectivity index (χ1) is 6.81. The standard InChI is InChI=1S/C11H14FNO/c1-14-11-5-3-2-4-9(11)10-6-8(12)7-13-10/h2-5,8,10,13H,6-7H2,1H3. The Hall–Kier alpha value is -1.09. The molecule has 1 heterocycles. The second-order valence-corrected chi connectivity index (χ2v) is 3.54. The van der Waals surface area contributed by atoms with Gasteiger partial charge in [-0.25, -0.2) is 4.39 Å². The normalized spacial score (nSPS) is 26.4. The van der Waals surface area contributed by atoms with Crippen LogP contribution in [0.3, 0.4) is 0 Å². The van der Waals surface area contributed by atoms with Crippen LogP contribution in [0, 0.1) is 0 Å². The first-order valence-corrected chi connectivity index (χ1v) is 4.81. The van der Waals surface area contributed by atoms with Crippen molar-refractivity contribution < 1.29 is 9.13 Å². The number of alkyl halides is 1. The summed E-state index contributed by atoms with van der Waals surface area (Å²) in [5, 5.41) is 3.14. The van der Waals surface area contributed by atoms with E-state index in [-0.39, 0.29) is 6.04 Å². The van der Waals surface area contributed by atoms with Gasteiger partial charge in [0.15, 0.2) is 0 Å². The molecule has 0 amide bonds. The van der Waals surface area contributed by atoms with Crippen molar-refractivity contribution >= 4 is 0 Å². The van der Waals surface area contributed by atoms with E-state index in [9.17, 15) is 4.39 Å². The Labute approximate surface area is 83.1 Å². The molecule has 2 unspecified atom stereocenters. The highest BCUT2D eigenvalue weighted by Gasteiger charge is 2.26. The molecule has 1 aromatic rings. The Kier molecular flexibility index (Phi) is 2.68. The van der Waals surface area contributed by atoms with Gasteiger partial charge in [-0.3, -0.25) is 0 Å². The average molecular weight is 195 g/mol. The van der Waals surface area contributed by atoms with Crippen LogP contribution >= 0.6 is 0 Å². The Balaban J connectivity index is 2.22. The molecule has 2 atom stereocenters. The molecule has 1 fully saturated rings. The summed E-state index contributed by atoms with van der Waals surface area (Å²) in [6.45, 7) is 0.447. The summed E-state index contributed by atoms with van der Waals surface area (Å²) in [4.78, 5) is 0. The molecule has 0 aromatic heterocycles. The van der Waals surface area contributed by atoms with Crippen LogP contribution in [-0.2, 0) is 0 Å². The Bertz CT molecular complexity index is 316. The van der Waals surface area contributed by atoms with E-state index in [2.05, 4.69) is 5.32 Å².